The van der Waals surface area contributed by atoms with Gasteiger partial charge in [0.05, 0.1) is 6.61 Å². The maximum Gasteiger partial charge on any atom is 0.253 e. The van der Waals surface area contributed by atoms with Gasteiger partial charge in [-0.1, -0.05) is 0 Å². The van der Waals surface area contributed by atoms with E-state index in [1.165, 1.54) is 0 Å². The summed E-state index contributed by atoms with van der Waals surface area (Å²) in [7, 11) is 0. The Morgan fingerprint density at radius 1 is 1.56 bits per heavy atom. The maximum atomic E-state index is 12.2. The van der Waals surface area contributed by atoms with Crippen LogP contribution in [0.2, 0.25) is 0 Å². The number of carbonyl (C=O) groups excluding carboxylic acids is 1. The predicted octanol–water partition coefficient (Wildman–Crippen LogP) is 0.329. The standard InChI is InChI=1S/C11H20N2O2S/c1-11(2)8-13(4-6-16-11)10(14)9-7-12-3-5-15-9/h9,12H,3-8H2,1-2H3. The summed E-state index contributed by atoms with van der Waals surface area (Å²) in [4.78, 5) is 14.1. The van der Waals surface area contributed by atoms with E-state index in [0.29, 0.717) is 13.2 Å². The summed E-state index contributed by atoms with van der Waals surface area (Å²) in [6, 6.07) is 0. The first kappa shape index (κ1) is 12.2. The van der Waals surface area contributed by atoms with Crippen molar-refractivity contribution in [3.63, 3.8) is 0 Å². The van der Waals surface area contributed by atoms with Crippen LogP contribution in [0.1, 0.15) is 13.8 Å². The molecule has 92 valence electrons. The molecule has 0 aromatic heterocycles. The molecule has 2 fully saturated rings. The van der Waals surface area contributed by atoms with Crippen LogP contribution in [0.3, 0.4) is 0 Å². The molecule has 0 radical (unpaired) electrons. The van der Waals surface area contributed by atoms with E-state index in [1.807, 2.05) is 16.7 Å². The van der Waals surface area contributed by atoms with E-state index in [9.17, 15) is 4.79 Å². The fourth-order valence-corrected chi connectivity index (χ4v) is 3.24. The molecule has 2 heterocycles. The highest BCUT2D eigenvalue weighted by molar-refractivity contribution is 8.00. The van der Waals surface area contributed by atoms with Crippen LogP contribution in [0, 0.1) is 0 Å². The molecule has 0 aromatic carbocycles. The summed E-state index contributed by atoms with van der Waals surface area (Å²) in [5.74, 6) is 1.18. The van der Waals surface area contributed by atoms with Gasteiger partial charge in [0.2, 0.25) is 0 Å². The van der Waals surface area contributed by atoms with E-state index in [-0.39, 0.29) is 16.8 Å². The molecule has 0 spiro atoms. The first-order valence-electron chi connectivity index (χ1n) is 5.83. The lowest BCUT2D eigenvalue weighted by atomic mass is 10.1. The third-order valence-corrected chi connectivity index (χ3v) is 4.24. The highest BCUT2D eigenvalue weighted by atomic mass is 32.2. The lowest BCUT2D eigenvalue weighted by Gasteiger charge is -2.39. The van der Waals surface area contributed by atoms with Crippen molar-refractivity contribution in [1.29, 1.82) is 0 Å². The summed E-state index contributed by atoms with van der Waals surface area (Å²) in [6.07, 6.45) is -0.271. The minimum absolute atomic E-state index is 0.153. The Morgan fingerprint density at radius 3 is 3.00 bits per heavy atom. The zero-order valence-electron chi connectivity index (χ0n) is 9.99. The van der Waals surface area contributed by atoms with Gasteiger partial charge < -0.3 is 15.0 Å². The molecule has 0 aromatic rings. The van der Waals surface area contributed by atoms with E-state index in [4.69, 9.17) is 4.74 Å². The number of carbonyl (C=O) groups is 1. The largest absolute Gasteiger partial charge is 0.366 e. The summed E-state index contributed by atoms with van der Waals surface area (Å²) < 4.78 is 5.68. The Hall–Kier alpha value is -0.260. The van der Waals surface area contributed by atoms with Crippen molar-refractivity contribution in [3.8, 4) is 0 Å². The van der Waals surface area contributed by atoms with Crippen molar-refractivity contribution >= 4 is 17.7 Å². The molecule has 1 unspecified atom stereocenters. The van der Waals surface area contributed by atoms with Gasteiger partial charge in [0.15, 0.2) is 0 Å². The average molecular weight is 244 g/mol. The van der Waals surface area contributed by atoms with Crippen molar-refractivity contribution in [2.45, 2.75) is 24.7 Å². The normalized spacial score (nSPS) is 30.1. The lowest BCUT2D eigenvalue weighted by Crippen LogP contribution is -2.54. The number of nitrogens with one attached hydrogen (secondary N) is 1. The molecule has 2 aliphatic rings. The summed E-state index contributed by atoms with van der Waals surface area (Å²) in [5.41, 5.74) is 0. The van der Waals surface area contributed by atoms with Crippen LogP contribution in [0.25, 0.3) is 0 Å². The molecule has 4 nitrogen and oxygen atoms in total. The zero-order valence-corrected chi connectivity index (χ0v) is 10.8. The van der Waals surface area contributed by atoms with Gasteiger partial charge in [0.25, 0.3) is 5.91 Å². The molecule has 1 atom stereocenters. The number of nitrogens with zero attached hydrogens (tertiary/aromatic N) is 1. The van der Waals surface area contributed by atoms with Crippen molar-refractivity contribution in [2.24, 2.45) is 0 Å². The molecule has 2 rings (SSSR count). The Labute approximate surface area is 101 Å². The SMILES string of the molecule is CC1(C)CN(C(=O)C2CNCCO2)CCS1. The van der Waals surface area contributed by atoms with E-state index >= 15 is 0 Å². The molecule has 0 aliphatic carbocycles. The topological polar surface area (TPSA) is 41.6 Å². The van der Waals surface area contributed by atoms with Crippen molar-refractivity contribution in [1.82, 2.24) is 10.2 Å². The summed E-state index contributed by atoms with van der Waals surface area (Å²) >= 11 is 1.94. The maximum absolute atomic E-state index is 12.2. The summed E-state index contributed by atoms with van der Waals surface area (Å²) in [6.45, 7) is 8.22. The van der Waals surface area contributed by atoms with Crippen LogP contribution < -0.4 is 5.32 Å². The quantitative estimate of drug-likeness (QED) is 0.722. The molecule has 1 N–H and O–H groups in total. The highest BCUT2D eigenvalue weighted by Gasteiger charge is 2.33. The van der Waals surface area contributed by atoms with E-state index in [2.05, 4.69) is 19.2 Å². The number of ether oxygens (including phenoxy) is 1. The van der Waals surface area contributed by atoms with Crippen LogP contribution in [0.15, 0.2) is 0 Å². The monoisotopic (exact) mass is 244 g/mol. The molecule has 16 heavy (non-hydrogen) atoms. The molecule has 0 bridgehead atoms. The van der Waals surface area contributed by atoms with Gasteiger partial charge in [-0.3, -0.25) is 4.79 Å². The van der Waals surface area contributed by atoms with Gasteiger partial charge in [-0.15, -0.1) is 0 Å². The third kappa shape index (κ3) is 2.90. The number of hydrogen-bond acceptors (Lipinski definition) is 4. The minimum Gasteiger partial charge on any atom is -0.366 e. The van der Waals surface area contributed by atoms with Gasteiger partial charge in [0.1, 0.15) is 6.10 Å². The second kappa shape index (κ2) is 4.94. The van der Waals surface area contributed by atoms with Gasteiger partial charge in [-0.2, -0.15) is 11.8 Å². The van der Waals surface area contributed by atoms with Crippen molar-refractivity contribution in [2.75, 3.05) is 38.5 Å². The van der Waals surface area contributed by atoms with E-state index < -0.39 is 0 Å². The number of amides is 1. The minimum atomic E-state index is -0.271. The van der Waals surface area contributed by atoms with Crippen LogP contribution >= 0.6 is 11.8 Å². The van der Waals surface area contributed by atoms with Crippen LogP contribution in [-0.4, -0.2) is 60.2 Å². The van der Waals surface area contributed by atoms with Crippen LogP contribution in [-0.2, 0) is 9.53 Å². The number of rotatable bonds is 1. The van der Waals surface area contributed by atoms with Crippen molar-refractivity contribution in [3.05, 3.63) is 0 Å². The Bertz CT molecular complexity index is 265. The molecular formula is C11H20N2O2S. The lowest BCUT2D eigenvalue weighted by molar-refractivity contribution is -0.145. The van der Waals surface area contributed by atoms with Gasteiger partial charge in [-0.05, 0) is 13.8 Å². The first-order chi connectivity index (χ1) is 7.58. The molecule has 1 amide bonds. The predicted molar refractivity (Wildman–Crippen MR) is 65.7 cm³/mol. The first-order valence-corrected chi connectivity index (χ1v) is 6.82. The van der Waals surface area contributed by atoms with Gasteiger partial charge in [0, 0.05) is 36.7 Å². The smallest absolute Gasteiger partial charge is 0.253 e. The molecular weight excluding hydrogens is 224 g/mol. The second-order valence-corrected chi connectivity index (χ2v) is 6.73. The Morgan fingerprint density at radius 2 is 2.38 bits per heavy atom. The zero-order chi connectivity index (χ0) is 11.6. The van der Waals surface area contributed by atoms with Crippen molar-refractivity contribution < 1.29 is 9.53 Å². The number of thioether (sulfide) groups is 1. The highest BCUT2D eigenvalue weighted by Crippen LogP contribution is 2.29. The fourth-order valence-electron chi connectivity index (χ4n) is 2.13. The third-order valence-electron chi connectivity index (χ3n) is 2.94. The van der Waals surface area contributed by atoms with Gasteiger partial charge in [-0.25, -0.2) is 0 Å². The van der Waals surface area contributed by atoms with Crippen LogP contribution in [0.4, 0.5) is 0 Å². The number of hydrogen-bond donors (Lipinski definition) is 1. The molecule has 0 saturated carbocycles. The van der Waals surface area contributed by atoms with E-state index in [0.717, 1.165) is 25.4 Å². The fraction of sp³-hybridized carbons (Fsp3) is 0.909. The average Bonchev–Trinajstić information content (AvgIpc) is 2.28. The van der Waals surface area contributed by atoms with Crippen LogP contribution in [0.5, 0.6) is 0 Å². The number of morpholine rings is 1. The molecule has 5 heteroatoms. The molecule has 2 saturated heterocycles. The van der Waals surface area contributed by atoms with E-state index in [1.54, 1.807) is 0 Å². The summed E-state index contributed by atoms with van der Waals surface area (Å²) in [5, 5.41) is 3.20. The van der Waals surface area contributed by atoms with Gasteiger partial charge >= 0.3 is 0 Å². The Balaban J connectivity index is 1.93. The molecule has 2 aliphatic heterocycles. The second-order valence-electron chi connectivity index (χ2n) is 4.93. The Kier molecular flexibility index (Phi) is 3.77.